The van der Waals surface area contributed by atoms with E-state index in [1.54, 1.807) is 0 Å². The number of hydrogen-bond acceptors (Lipinski definition) is 1. The fourth-order valence-electron chi connectivity index (χ4n) is 6.48. The molecule has 308 valence electrons. The lowest BCUT2D eigenvalue weighted by molar-refractivity contribution is 0.316. The summed E-state index contributed by atoms with van der Waals surface area (Å²) in [5.74, 6) is 0. The summed E-state index contributed by atoms with van der Waals surface area (Å²) in [4.78, 5) is 0. The van der Waals surface area contributed by atoms with Crippen molar-refractivity contribution in [3.05, 3.63) is 0 Å². The molecule has 16 nitrogen and oxygen atoms in total. The van der Waals surface area contributed by atoms with Crippen molar-refractivity contribution < 1.29 is 0 Å². The average molecular weight is 823 g/mol. The van der Waals surface area contributed by atoms with Crippen LogP contribution in [0.1, 0.15) is 48.5 Å². The molecule has 51 heavy (non-hydrogen) atoms. The largest absolute Gasteiger partial charge is 0.261 e. The second-order valence-corrected chi connectivity index (χ2v) is 33.2. The lowest BCUT2D eigenvalue weighted by Crippen LogP contribution is -2.35. The van der Waals surface area contributed by atoms with Crippen LogP contribution in [-0.2, 0) is 0 Å². The molecule has 0 aromatic rings. The summed E-state index contributed by atoms with van der Waals surface area (Å²) >= 11 is 0. The van der Waals surface area contributed by atoms with Crippen LogP contribution in [-0.4, -0.2) is 210 Å². The van der Waals surface area contributed by atoms with Gasteiger partial charge in [-0.25, -0.2) is 28.1 Å². The zero-order chi connectivity index (χ0) is 41.0. The van der Waals surface area contributed by atoms with Crippen LogP contribution in [0, 0.1) is 0 Å². The third kappa shape index (κ3) is 11.0. The first-order valence-corrected chi connectivity index (χ1v) is 25.5. The van der Waals surface area contributed by atoms with Gasteiger partial charge in [0.15, 0.2) is 15.0 Å². The maximum absolute atomic E-state index is 6.25. The molecule has 0 aromatic carbocycles. The van der Waals surface area contributed by atoms with Gasteiger partial charge in [0.25, 0.3) is 7.51 Å². The second kappa shape index (κ2) is 19.2. The molecule has 0 amide bonds. The maximum atomic E-state index is 6.25. The standard InChI is InChI=1S/C30H83N16P5/c1-28(2)46(29(3)4)47(31-30(5,6)7,32-48(36(8)9,37(10)11)34-50(40(16)17,41(18)19)42(20)21)33-49(38(12)13,39(14)15)35-51(43(22)23,44(24)25)45(26)27/h28-29H,1-27H3. The summed E-state index contributed by atoms with van der Waals surface area (Å²) in [6.45, 7) is 15.5. The molecule has 0 aliphatic carbocycles. The Morgan fingerprint density at radius 1 is 0.353 bits per heavy atom. The number of nitrogens with zero attached hydrogens (tertiary/aromatic N) is 16. The molecule has 0 N–H and O–H groups in total. The maximum Gasteiger partial charge on any atom is 0.261 e. The highest BCUT2D eigenvalue weighted by Gasteiger charge is 2.45. The Labute approximate surface area is 317 Å². The van der Waals surface area contributed by atoms with Gasteiger partial charge in [-0.05, 0) is 189 Å². The van der Waals surface area contributed by atoms with Gasteiger partial charge in [-0.1, -0.05) is 0 Å². The molecular formula is C30H83N16P5. The molecule has 0 aliphatic heterocycles. The molecule has 0 saturated heterocycles. The van der Waals surface area contributed by atoms with Crippen LogP contribution in [0.2, 0.25) is 0 Å². The minimum Gasteiger partial charge on any atom is -0.252 e. The van der Waals surface area contributed by atoms with E-state index in [1.807, 2.05) is 0 Å². The topological polar surface area (TPSA) is 97.4 Å². The van der Waals surface area contributed by atoms with Crippen molar-refractivity contribution in [3.63, 3.8) is 0 Å². The van der Waals surface area contributed by atoms with Crippen LogP contribution >= 0.6 is 37.5 Å². The van der Waals surface area contributed by atoms with E-state index in [0.717, 1.165) is 0 Å². The first-order valence-electron chi connectivity index (χ1n) is 17.5. The lowest BCUT2D eigenvalue weighted by Gasteiger charge is -2.48. The quantitative estimate of drug-likeness (QED) is 0.133. The Balaban J connectivity index is 10.4. The summed E-state index contributed by atoms with van der Waals surface area (Å²) in [7, 11) is 28.3. The van der Waals surface area contributed by atoms with E-state index < -0.39 is 43.1 Å². The Morgan fingerprint density at radius 3 is 0.706 bits per heavy atom. The molecule has 0 heterocycles. The third-order valence-corrected chi connectivity index (χ3v) is 29.0. The summed E-state index contributed by atoms with van der Waals surface area (Å²) in [5.41, 5.74) is -0.487. The minimum absolute atomic E-state index is 0.0709. The van der Waals surface area contributed by atoms with Crippen molar-refractivity contribution in [1.29, 1.82) is 0 Å². The molecule has 0 aliphatic rings. The Kier molecular flexibility index (Phi) is 19.5. The average Bonchev–Trinajstić information content (AvgIpc) is 2.89. The highest BCUT2D eigenvalue weighted by molar-refractivity contribution is 7.80. The van der Waals surface area contributed by atoms with Crippen LogP contribution in [0.25, 0.3) is 0 Å². The molecule has 0 aromatic heterocycles. The van der Waals surface area contributed by atoms with Crippen LogP contribution in [0.5, 0.6) is 0 Å². The van der Waals surface area contributed by atoms with Crippen LogP contribution < -0.4 is 0 Å². The van der Waals surface area contributed by atoms with Crippen LogP contribution in [0.4, 0.5) is 0 Å². The Bertz CT molecular complexity index is 1230. The summed E-state index contributed by atoms with van der Waals surface area (Å²) in [6.07, 6.45) is 0. The van der Waals surface area contributed by atoms with E-state index in [1.165, 1.54) is 0 Å². The van der Waals surface area contributed by atoms with Gasteiger partial charge in [-0.2, -0.15) is 18.1 Å². The van der Waals surface area contributed by atoms with Gasteiger partial charge in [0.05, 0.1) is 5.54 Å². The highest BCUT2D eigenvalue weighted by atomic mass is 31.3. The van der Waals surface area contributed by atoms with E-state index in [0.29, 0.717) is 0 Å². The normalized spacial score (nSPS) is 14.9. The van der Waals surface area contributed by atoms with Crippen LogP contribution in [0.3, 0.4) is 0 Å². The smallest absolute Gasteiger partial charge is 0.252 e. The Morgan fingerprint density at radius 2 is 0.569 bits per heavy atom. The molecule has 0 bridgehead atoms. The number of hydrogen-bond donors (Lipinski definition) is 0. The molecular weight excluding hydrogens is 739 g/mol. The number of rotatable bonds is 17. The van der Waals surface area contributed by atoms with Gasteiger partial charge in [-0.3, -0.25) is 28.0 Å². The highest BCUT2D eigenvalue weighted by Crippen LogP contribution is 2.79. The van der Waals surface area contributed by atoms with Gasteiger partial charge < -0.3 is 0 Å². The van der Waals surface area contributed by atoms with E-state index in [4.69, 9.17) is 22.8 Å². The van der Waals surface area contributed by atoms with Gasteiger partial charge in [0.2, 0.25) is 15.0 Å². The molecule has 0 saturated carbocycles. The van der Waals surface area contributed by atoms with Gasteiger partial charge >= 0.3 is 0 Å². The van der Waals surface area contributed by atoms with Crippen molar-refractivity contribution in [3.8, 4) is 0 Å². The SMILES string of the molecule is CC(C)N(C(C)C)P(=NC(C)(C)C)(N=P(N=P(N(C)C)(N(C)C)N(C)C)(N(C)C)N(C)C)N=P(N=P(N(C)C)(N(C)C)N(C)C)(N(C)C)N(C)C. The van der Waals surface area contributed by atoms with E-state index in [-0.39, 0.29) is 12.1 Å². The first-order chi connectivity index (χ1) is 22.7. The van der Waals surface area contributed by atoms with Crippen molar-refractivity contribution in [2.24, 2.45) is 22.8 Å². The minimum atomic E-state index is -3.27. The molecule has 0 rings (SSSR count). The predicted molar refractivity (Wildman–Crippen MR) is 235 cm³/mol. The monoisotopic (exact) mass is 823 g/mol. The third-order valence-electron chi connectivity index (χ3n) is 8.13. The van der Waals surface area contributed by atoms with E-state index >= 15 is 0 Å². The summed E-state index contributed by atoms with van der Waals surface area (Å²) < 4.78 is 55.5. The summed E-state index contributed by atoms with van der Waals surface area (Å²) in [6, 6.07) is 0.142. The molecule has 0 unspecified atom stereocenters. The molecule has 0 radical (unpaired) electrons. The fraction of sp³-hybridized carbons (Fsp3) is 1.00. The first kappa shape index (κ1) is 51.7. The fourth-order valence-corrected chi connectivity index (χ4v) is 30.9. The van der Waals surface area contributed by atoms with Crippen molar-refractivity contribution in [2.45, 2.75) is 66.1 Å². The van der Waals surface area contributed by atoms with E-state index in [9.17, 15) is 0 Å². The zero-order valence-electron chi connectivity index (χ0n) is 38.0. The molecule has 0 fully saturated rings. The molecule has 21 heteroatoms. The predicted octanol–water partition coefficient (Wildman–Crippen LogP) is 8.25. The van der Waals surface area contributed by atoms with Gasteiger partial charge in [0, 0.05) is 12.1 Å². The molecule has 0 spiro atoms. The lowest BCUT2D eigenvalue weighted by atomic mass is 10.1. The van der Waals surface area contributed by atoms with E-state index in [2.05, 4.69) is 241 Å². The Hall–Kier alpha value is 0.710. The van der Waals surface area contributed by atoms with Crippen molar-refractivity contribution >= 4 is 37.5 Å². The van der Waals surface area contributed by atoms with Crippen molar-refractivity contribution in [1.82, 2.24) is 51.4 Å². The second-order valence-electron chi connectivity index (χ2n) is 16.4. The molecule has 0 atom stereocenters. The van der Waals surface area contributed by atoms with Gasteiger partial charge in [-0.15, -0.1) is 0 Å². The van der Waals surface area contributed by atoms with Crippen LogP contribution in [0.15, 0.2) is 22.8 Å². The van der Waals surface area contributed by atoms with Crippen molar-refractivity contribution in [2.75, 3.05) is 141 Å². The van der Waals surface area contributed by atoms with Gasteiger partial charge in [0.1, 0.15) is 0 Å². The zero-order valence-corrected chi connectivity index (χ0v) is 42.5. The summed E-state index contributed by atoms with van der Waals surface area (Å²) in [5, 5.41) is 0.